The number of ether oxygens (including phenoxy) is 2. The fourth-order valence-corrected chi connectivity index (χ4v) is 1.59. The molecule has 1 aliphatic rings. The van der Waals surface area contributed by atoms with Crippen LogP contribution in [0.2, 0.25) is 0 Å². The van der Waals surface area contributed by atoms with Crippen molar-refractivity contribution in [3.8, 4) is 5.75 Å². The average Bonchev–Trinajstić information content (AvgIpc) is 2.27. The van der Waals surface area contributed by atoms with Crippen molar-refractivity contribution in [3.63, 3.8) is 0 Å². The maximum Gasteiger partial charge on any atom is 0.180 e. The van der Waals surface area contributed by atoms with Gasteiger partial charge in [-0.15, -0.1) is 0 Å². The molecule has 15 heavy (non-hydrogen) atoms. The minimum atomic E-state index is -0.952. The molecule has 0 saturated heterocycles. The number of hydrogen-bond acceptors (Lipinski definition) is 4. The van der Waals surface area contributed by atoms with Crippen LogP contribution in [-0.4, -0.2) is 24.6 Å². The molecule has 1 aliphatic heterocycles. The van der Waals surface area contributed by atoms with E-state index in [-0.39, 0.29) is 12.4 Å². The van der Waals surface area contributed by atoms with E-state index in [1.807, 2.05) is 0 Å². The first-order valence-corrected chi connectivity index (χ1v) is 4.69. The third-order valence-corrected chi connectivity index (χ3v) is 2.37. The Bertz CT molecular complexity index is 386. The van der Waals surface area contributed by atoms with Gasteiger partial charge in [-0.25, -0.2) is 0 Å². The molecule has 0 amide bonds. The Morgan fingerprint density at radius 3 is 3.07 bits per heavy atom. The van der Waals surface area contributed by atoms with Crippen molar-refractivity contribution >= 4 is 5.78 Å². The quantitative estimate of drug-likeness (QED) is 0.731. The summed E-state index contributed by atoms with van der Waals surface area (Å²) in [5.41, 5.74) is 1.44. The third kappa shape index (κ3) is 2.00. The molecule has 0 fully saturated rings. The fourth-order valence-electron chi connectivity index (χ4n) is 1.59. The van der Waals surface area contributed by atoms with Crippen molar-refractivity contribution in [1.29, 1.82) is 0 Å². The van der Waals surface area contributed by atoms with Gasteiger partial charge in [-0.2, -0.15) is 0 Å². The second-order valence-electron chi connectivity index (χ2n) is 3.46. The highest BCUT2D eigenvalue weighted by Crippen LogP contribution is 2.26. The molecule has 0 radical (unpaired) electrons. The topological polar surface area (TPSA) is 55.8 Å². The molecule has 4 heteroatoms. The van der Waals surface area contributed by atoms with Gasteiger partial charge in [0, 0.05) is 24.7 Å². The van der Waals surface area contributed by atoms with Crippen LogP contribution < -0.4 is 4.74 Å². The fraction of sp³-hybridized carbons (Fsp3) is 0.364. The minimum absolute atomic E-state index is 0.0477. The largest absolute Gasteiger partial charge is 0.486 e. The van der Waals surface area contributed by atoms with Crippen molar-refractivity contribution < 1.29 is 19.4 Å². The number of hydrogen-bond donors (Lipinski definition) is 1. The molecule has 1 aromatic rings. The number of benzene rings is 1. The molecule has 1 unspecified atom stereocenters. The summed E-state index contributed by atoms with van der Waals surface area (Å²) in [4.78, 5) is 11.2. The average molecular weight is 208 g/mol. The molecule has 0 aliphatic carbocycles. The zero-order valence-electron chi connectivity index (χ0n) is 8.40. The number of aliphatic hydroxyl groups excluding tert-OH is 1. The lowest BCUT2D eigenvalue weighted by Crippen LogP contribution is -2.20. The van der Waals surface area contributed by atoms with E-state index >= 15 is 0 Å². The van der Waals surface area contributed by atoms with E-state index < -0.39 is 6.29 Å². The summed E-state index contributed by atoms with van der Waals surface area (Å²) in [6, 6.07) is 5.21. The molecule has 0 spiro atoms. The number of aliphatic hydroxyl groups is 1. The highest BCUT2D eigenvalue weighted by Gasteiger charge is 2.18. The van der Waals surface area contributed by atoms with Gasteiger partial charge in [0.2, 0.25) is 0 Å². The smallest absolute Gasteiger partial charge is 0.180 e. The van der Waals surface area contributed by atoms with E-state index in [0.29, 0.717) is 17.7 Å². The molecule has 1 aromatic carbocycles. The Balaban J connectivity index is 2.32. The van der Waals surface area contributed by atoms with E-state index in [1.165, 1.54) is 7.11 Å². The molecule has 2 rings (SSSR count). The molecule has 0 saturated carbocycles. The molecule has 1 atom stereocenters. The van der Waals surface area contributed by atoms with Gasteiger partial charge in [0.25, 0.3) is 0 Å². The maximum atomic E-state index is 11.2. The zero-order chi connectivity index (χ0) is 10.8. The normalized spacial score (nSPS) is 16.8. The zero-order valence-corrected chi connectivity index (χ0v) is 8.40. The summed E-state index contributed by atoms with van der Waals surface area (Å²) in [6.45, 7) is 0.138. The first-order valence-electron chi connectivity index (χ1n) is 4.69. The molecule has 1 heterocycles. The highest BCUT2D eigenvalue weighted by atomic mass is 16.6. The van der Waals surface area contributed by atoms with Gasteiger partial charge in [0.1, 0.15) is 12.4 Å². The molecule has 0 bridgehead atoms. The first-order chi connectivity index (χ1) is 7.20. The lowest BCUT2D eigenvalue weighted by molar-refractivity contribution is -0.121. The van der Waals surface area contributed by atoms with Crippen molar-refractivity contribution in [3.05, 3.63) is 29.3 Å². The van der Waals surface area contributed by atoms with E-state index in [1.54, 1.807) is 18.2 Å². The summed E-state index contributed by atoms with van der Waals surface area (Å²) in [5, 5.41) is 9.45. The molecule has 80 valence electrons. The van der Waals surface area contributed by atoms with Gasteiger partial charge in [-0.3, -0.25) is 4.79 Å². The number of carbonyl (C=O) groups is 1. The predicted octanol–water partition coefficient (Wildman–Crippen LogP) is 0.828. The monoisotopic (exact) mass is 208 g/mol. The summed E-state index contributed by atoms with van der Waals surface area (Å²) in [6.07, 6.45) is -0.591. The van der Waals surface area contributed by atoms with Gasteiger partial charge in [0.05, 0.1) is 0 Å². The number of methoxy groups -OCH3 is 1. The van der Waals surface area contributed by atoms with Crippen LogP contribution in [0.4, 0.5) is 0 Å². The third-order valence-electron chi connectivity index (χ3n) is 2.37. The van der Waals surface area contributed by atoms with Crippen LogP contribution in [0, 0.1) is 0 Å². The summed E-state index contributed by atoms with van der Waals surface area (Å²) >= 11 is 0. The van der Waals surface area contributed by atoms with Crippen LogP contribution in [-0.2, 0) is 16.0 Å². The molecular weight excluding hydrogens is 196 g/mol. The Hall–Kier alpha value is -1.39. The second kappa shape index (κ2) is 4.00. The van der Waals surface area contributed by atoms with Crippen molar-refractivity contribution in [2.24, 2.45) is 0 Å². The van der Waals surface area contributed by atoms with E-state index in [4.69, 9.17) is 9.47 Å². The van der Waals surface area contributed by atoms with Crippen LogP contribution in [0.1, 0.15) is 17.4 Å². The Kier molecular flexibility index (Phi) is 2.70. The van der Waals surface area contributed by atoms with Crippen molar-refractivity contribution in [1.82, 2.24) is 0 Å². The molecule has 4 nitrogen and oxygen atoms in total. The lowest BCUT2D eigenvalue weighted by Gasteiger charge is -2.18. The van der Waals surface area contributed by atoms with Gasteiger partial charge >= 0.3 is 0 Å². The minimum Gasteiger partial charge on any atom is -0.486 e. The Labute approximate surface area is 87.4 Å². The van der Waals surface area contributed by atoms with Crippen LogP contribution in [0.25, 0.3) is 0 Å². The van der Waals surface area contributed by atoms with Crippen molar-refractivity contribution in [2.45, 2.75) is 12.7 Å². The number of rotatable bonds is 2. The molecule has 1 N–H and O–H groups in total. The van der Waals surface area contributed by atoms with Crippen LogP contribution in [0.5, 0.6) is 5.75 Å². The summed E-state index contributed by atoms with van der Waals surface area (Å²) in [7, 11) is 1.42. The SMILES string of the molecule is COC(O)c1ccc2c(c1)CC(=O)CO2. The lowest BCUT2D eigenvalue weighted by atomic mass is 10.0. The van der Waals surface area contributed by atoms with E-state index in [0.717, 1.165) is 5.56 Å². The van der Waals surface area contributed by atoms with Gasteiger partial charge in [-0.05, 0) is 12.1 Å². The van der Waals surface area contributed by atoms with Gasteiger partial charge in [0.15, 0.2) is 12.1 Å². The number of carbonyl (C=O) groups excluding carboxylic acids is 1. The number of Topliss-reactive ketones (excluding diaryl/α,β-unsaturated/α-hetero) is 1. The first kappa shape index (κ1) is 10.1. The van der Waals surface area contributed by atoms with E-state index in [9.17, 15) is 9.90 Å². The number of fused-ring (bicyclic) bond motifs is 1. The standard InChI is InChI=1S/C11H12O4/c1-14-11(13)7-2-3-10-8(4-7)5-9(12)6-15-10/h2-4,11,13H,5-6H2,1H3. The van der Waals surface area contributed by atoms with Gasteiger partial charge < -0.3 is 14.6 Å². The Morgan fingerprint density at radius 1 is 1.53 bits per heavy atom. The second-order valence-corrected chi connectivity index (χ2v) is 3.46. The highest BCUT2D eigenvalue weighted by molar-refractivity contribution is 5.84. The van der Waals surface area contributed by atoms with Crippen LogP contribution in [0.3, 0.4) is 0 Å². The van der Waals surface area contributed by atoms with Crippen LogP contribution >= 0.6 is 0 Å². The van der Waals surface area contributed by atoms with Crippen molar-refractivity contribution in [2.75, 3.05) is 13.7 Å². The van der Waals surface area contributed by atoms with Gasteiger partial charge in [-0.1, -0.05) is 6.07 Å². The predicted molar refractivity (Wildman–Crippen MR) is 52.6 cm³/mol. The van der Waals surface area contributed by atoms with E-state index in [2.05, 4.69) is 0 Å². The summed E-state index contributed by atoms with van der Waals surface area (Å²) < 4.78 is 10.0. The maximum absolute atomic E-state index is 11.2. The molecule has 0 aromatic heterocycles. The Morgan fingerprint density at radius 2 is 2.33 bits per heavy atom. The molecular formula is C11H12O4. The number of ketones is 1. The van der Waals surface area contributed by atoms with Crippen LogP contribution in [0.15, 0.2) is 18.2 Å². The summed E-state index contributed by atoms with van der Waals surface area (Å²) in [5.74, 6) is 0.758.